The molecule has 0 aliphatic carbocycles. The Kier molecular flexibility index (Phi) is 2.90. The Morgan fingerprint density at radius 3 is 2.75 bits per heavy atom. The zero-order chi connectivity index (χ0) is 11.8. The number of phenolic OH excluding ortho intramolecular Hbond substituents is 1. The third-order valence-electron chi connectivity index (χ3n) is 3.00. The van der Waals surface area contributed by atoms with Gasteiger partial charge in [-0.3, -0.25) is 0 Å². The summed E-state index contributed by atoms with van der Waals surface area (Å²) in [7, 11) is -2.97. The van der Waals surface area contributed by atoms with E-state index in [0.29, 0.717) is 6.42 Å². The van der Waals surface area contributed by atoms with Gasteiger partial charge in [0.25, 0.3) is 0 Å². The average Bonchev–Trinajstić information content (AvgIpc) is 2.15. The number of nitrogens with two attached hydrogens (primary N) is 1. The molecule has 88 valence electrons. The molecule has 0 bridgehead atoms. The van der Waals surface area contributed by atoms with Gasteiger partial charge in [0.1, 0.15) is 5.75 Å². The van der Waals surface area contributed by atoms with E-state index in [4.69, 9.17) is 5.73 Å². The summed E-state index contributed by atoms with van der Waals surface area (Å²) in [6.07, 6.45) is 0.535. The molecule has 5 heteroatoms. The van der Waals surface area contributed by atoms with Crippen LogP contribution in [0.5, 0.6) is 5.75 Å². The first-order valence-corrected chi connectivity index (χ1v) is 7.05. The summed E-state index contributed by atoms with van der Waals surface area (Å²) < 4.78 is 22.8. The highest BCUT2D eigenvalue weighted by Gasteiger charge is 2.31. The van der Waals surface area contributed by atoms with Gasteiger partial charge in [0.05, 0.1) is 11.5 Å². The minimum absolute atomic E-state index is 0.0237. The maximum Gasteiger partial charge on any atom is 0.151 e. The van der Waals surface area contributed by atoms with Crippen LogP contribution < -0.4 is 5.73 Å². The number of phenols is 1. The second kappa shape index (κ2) is 4.07. The van der Waals surface area contributed by atoms with Crippen molar-refractivity contribution in [1.82, 2.24) is 0 Å². The average molecular weight is 241 g/mol. The van der Waals surface area contributed by atoms with Crippen LogP contribution in [0, 0.1) is 0 Å². The fourth-order valence-electron chi connectivity index (χ4n) is 2.18. The zero-order valence-corrected chi connectivity index (χ0v) is 9.65. The number of aromatic hydroxyl groups is 1. The first-order chi connectivity index (χ1) is 7.48. The summed E-state index contributed by atoms with van der Waals surface area (Å²) in [6.45, 7) is 0. The van der Waals surface area contributed by atoms with Crippen LogP contribution in [0.2, 0.25) is 0 Å². The Balaban J connectivity index is 2.24. The number of hydrogen-bond donors (Lipinski definition) is 2. The summed E-state index contributed by atoms with van der Waals surface area (Å²) in [5, 5.41) is 9.37. The maximum absolute atomic E-state index is 11.4. The second-order valence-corrected chi connectivity index (χ2v) is 6.50. The molecule has 2 atom stereocenters. The van der Waals surface area contributed by atoms with Crippen molar-refractivity contribution in [1.29, 1.82) is 0 Å². The molecule has 1 aromatic carbocycles. The van der Waals surface area contributed by atoms with Crippen molar-refractivity contribution in [3.05, 3.63) is 29.8 Å². The molecular weight excluding hydrogens is 226 g/mol. The van der Waals surface area contributed by atoms with Crippen molar-refractivity contribution < 1.29 is 13.5 Å². The number of hydrogen-bond acceptors (Lipinski definition) is 4. The molecule has 0 saturated carbocycles. The van der Waals surface area contributed by atoms with E-state index in [1.807, 2.05) is 6.07 Å². The van der Waals surface area contributed by atoms with Crippen molar-refractivity contribution >= 4 is 9.84 Å². The highest BCUT2D eigenvalue weighted by atomic mass is 32.2. The largest absolute Gasteiger partial charge is 0.508 e. The van der Waals surface area contributed by atoms with E-state index in [1.165, 1.54) is 0 Å². The molecule has 1 fully saturated rings. The maximum atomic E-state index is 11.4. The van der Waals surface area contributed by atoms with Gasteiger partial charge in [0, 0.05) is 12.0 Å². The van der Waals surface area contributed by atoms with Crippen LogP contribution in [0.15, 0.2) is 24.3 Å². The molecule has 0 amide bonds. The van der Waals surface area contributed by atoms with E-state index in [0.717, 1.165) is 5.56 Å². The van der Waals surface area contributed by atoms with E-state index in [9.17, 15) is 13.5 Å². The number of sulfone groups is 1. The van der Waals surface area contributed by atoms with Crippen LogP contribution in [0.25, 0.3) is 0 Å². The van der Waals surface area contributed by atoms with Gasteiger partial charge in [-0.15, -0.1) is 0 Å². The van der Waals surface area contributed by atoms with Crippen LogP contribution >= 0.6 is 0 Å². The molecule has 0 spiro atoms. The smallest absolute Gasteiger partial charge is 0.151 e. The third-order valence-corrected chi connectivity index (χ3v) is 4.75. The quantitative estimate of drug-likeness (QED) is 0.755. The second-order valence-electron chi connectivity index (χ2n) is 4.27. The van der Waals surface area contributed by atoms with Gasteiger partial charge in [-0.25, -0.2) is 8.42 Å². The Bertz CT molecular complexity index is 484. The minimum atomic E-state index is -2.97. The van der Waals surface area contributed by atoms with Gasteiger partial charge >= 0.3 is 0 Å². The Morgan fingerprint density at radius 1 is 1.38 bits per heavy atom. The summed E-state index contributed by atoms with van der Waals surface area (Å²) in [4.78, 5) is 0. The summed E-state index contributed by atoms with van der Waals surface area (Å²) in [5.41, 5.74) is 6.79. The molecule has 16 heavy (non-hydrogen) atoms. The van der Waals surface area contributed by atoms with Crippen LogP contribution in [0.4, 0.5) is 0 Å². The SMILES string of the molecule is NC1CS(=O)(=O)CCC1c1cccc(O)c1. The Morgan fingerprint density at radius 2 is 2.12 bits per heavy atom. The molecule has 1 aromatic rings. The van der Waals surface area contributed by atoms with E-state index < -0.39 is 9.84 Å². The summed E-state index contributed by atoms with van der Waals surface area (Å²) >= 11 is 0. The number of rotatable bonds is 1. The predicted octanol–water partition coefficient (Wildman–Crippen LogP) is 0.622. The van der Waals surface area contributed by atoms with E-state index >= 15 is 0 Å². The molecule has 0 aromatic heterocycles. The minimum Gasteiger partial charge on any atom is -0.508 e. The fourth-order valence-corrected chi connectivity index (χ4v) is 3.78. The van der Waals surface area contributed by atoms with E-state index in [2.05, 4.69) is 0 Å². The lowest BCUT2D eigenvalue weighted by Gasteiger charge is -2.28. The number of benzene rings is 1. The lowest BCUT2D eigenvalue weighted by atomic mass is 9.90. The van der Waals surface area contributed by atoms with E-state index in [1.54, 1.807) is 18.2 Å². The molecule has 2 rings (SSSR count). The molecule has 1 aliphatic rings. The molecule has 2 unspecified atom stereocenters. The molecular formula is C11H15NO3S. The van der Waals surface area contributed by atoms with Crippen molar-refractivity contribution in [3.63, 3.8) is 0 Å². The van der Waals surface area contributed by atoms with Gasteiger partial charge in [-0.05, 0) is 24.1 Å². The lowest BCUT2D eigenvalue weighted by Crippen LogP contribution is -2.41. The highest BCUT2D eigenvalue weighted by Crippen LogP contribution is 2.29. The molecule has 4 nitrogen and oxygen atoms in total. The van der Waals surface area contributed by atoms with Crippen LogP contribution in [0.3, 0.4) is 0 Å². The molecule has 1 saturated heterocycles. The molecule has 1 aliphatic heterocycles. The van der Waals surface area contributed by atoms with Crippen molar-refractivity contribution in [2.24, 2.45) is 5.73 Å². The fraction of sp³-hybridized carbons (Fsp3) is 0.455. The van der Waals surface area contributed by atoms with Crippen molar-refractivity contribution in [2.45, 2.75) is 18.4 Å². The summed E-state index contributed by atoms with van der Waals surface area (Å²) in [5.74, 6) is 0.433. The third kappa shape index (κ3) is 2.36. The molecule has 0 radical (unpaired) electrons. The van der Waals surface area contributed by atoms with Crippen molar-refractivity contribution in [2.75, 3.05) is 11.5 Å². The summed E-state index contributed by atoms with van der Waals surface area (Å²) in [6, 6.07) is 6.50. The monoisotopic (exact) mass is 241 g/mol. The van der Waals surface area contributed by atoms with Gasteiger partial charge in [-0.2, -0.15) is 0 Å². The Hall–Kier alpha value is -1.07. The lowest BCUT2D eigenvalue weighted by molar-refractivity contribution is 0.469. The van der Waals surface area contributed by atoms with Crippen LogP contribution in [-0.4, -0.2) is 31.1 Å². The van der Waals surface area contributed by atoms with Gasteiger partial charge in [0.2, 0.25) is 0 Å². The molecule has 1 heterocycles. The van der Waals surface area contributed by atoms with Gasteiger partial charge in [-0.1, -0.05) is 12.1 Å². The molecule has 3 N–H and O–H groups in total. The first-order valence-electron chi connectivity index (χ1n) is 5.23. The first kappa shape index (κ1) is 11.4. The normalized spacial score (nSPS) is 28.8. The highest BCUT2D eigenvalue weighted by molar-refractivity contribution is 7.91. The Labute approximate surface area is 95.0 Å². The van der Waals surface area contributed by atoms with Crippen LogP contribution in [-0.2, 0) is 9.84 Å². The van der Waals surface area contributed by atoms with Gasteiger partial charge in [0.15, 0.2) is 9.84 Å². The van der Waals surface area contributed by atoms with Crippen molar-refractivity contribution in [3.8, 4) is 5.75 Å². The van der Waals surface area contributed by atoms with Gasteiger partial charge < -0.3 is 10.8 Å². The zero-order valence-electron chi connectivity index (χ0n) is 8.83. The predicted molar refractivity (Wildman–Crippen MR) is 62.1 cm³/mol. The standard InChI is InChI=1S/C11H15NO3S/c12-11-7-16(14,15)5-4-10(11)8-2-1-3-9(13)6-8/h1-3,6,10-11,13H,4-5,7,12H2. The topological polar surface area (TPSA) is 80.4 Å². The van der Waals surface area contributed by atoms with E-state index in [-0.39, 0.29) is 29.2 Å². The van der Waals surface area contributed by atoms with Crippen LogP contribution in [0.1, 0.15) is 17.9 Å².